The van der Waals surface area contributed by atoms with Crippen molar-refractivity contribution in [1.82, 2.24) is 15.5 Å². The van der Waals surface area contributed by atoms with Gasteiger partial charge in [0.15, 0.2) is 4.34 Å². The molecule has 0 aliphatic rings. The number of hydrogen-bond donors (Lipinski definition) is 1. The molecule has 0 atom stereocenters. The molecule has 7 heteroatoms. The van der Waals surface area contributed by atoms with Gasteiger partial charge in [0.1, 0.15) is 0 Å². The van der Waals surface area contributed by atoms with Crippen molar-refractivity contribution in [3.63, 3.8) is 0 Å². The summed E-state index contributed by atoms with van der Waals surface area (Å²) in [4.78, 5) is 3.08. The molecule has 0 saturated heterocycles. The third kappa shape index (κ3) is 4.09. The van der Waals surface area contributed by atoms with Crippen molar-refractivity contribution in [2.75, 3.05) is 25.5 Å². The van der Waals surface area contributed by atoms with Gasteiger partial charge in [-0.1, -0.05) is 47.7 Å². The molecule has 0 bridgehead atoms. The molecule has 2 aromatic rings. The molecule has 1 N–H and O–H groups in total. The Hall–Kier alpha value is -0.820. The van der Waals surface area contributed by atoms with E-state index in [0.29, 0.717) is 0 Å². The molecular formula is C13H17ClN4S2. The fourth-order valence-electron chi connectivity index (χ4n) is 1.55. The molecule has 0 saturated carbocycles. The van der Waals surface area contributed by atoms with Crippen molar-refractivity contribution in [3.05, 3.63) is 28.8 Å². The molecule has 0 radical (unpaired) electrons. The van der Waals surface area contributed by atoms with E-state index in [1.165, 1.54) is 5.56 Å². The first-order valence-corrected chi connectivity index (χ1v) is 8.29. The molecule has 0 amide bonds. The van der Waals surface area contributed by atoms with E-state index in [0.717, 1.165) is 32.5 Å². The van der Waals surface area contributed by atoms with Crippen LogP contribution in [0, 0.1) is 0 Å². The minimum atomic E-state index is 0.741. The number of rotatable bonds is 6. The third-order valence-corrected chi connectivity index (χ3v) is 5.05. The second-order valence-corrected chi connectivity index (χ2v) is 7.06. The summed E-state index contributed by atoms with van der Waals surface area (Å²) in [6.45, 7) is 3.86. The minimum absolute atomic E-state index is 0.741. The van der Waals surface area contributed by atoms with E-state index >= 15 is 0 Å². The number of benzene rings is 1. The van der Waals surface area contributed by atoms with Gasteiger partial charge in [-0.2, -0.15) is 0 Å². The molecule has 0 spiro atoms. The average molecular weight is 329 g/mol. The van der Waals surface area contributed by atoms with Gasteiger partial charge >= 0.3 is 0 Å². The van der Waals surface area contributed by atoms with Crippen LogP contribution in [-0.2, 0) is 6.54 Å². The first-order chi connectivity index (χ1) is 9.60. The number of anilines is 1. The van der Waals surface area contributed by atoms with Crippen LogP contribution < -0.4 is 10.2 Å². The average Bonchev–Trinajstić information content (AvgIpc) is 2.87. The van der Waals surface area contributed by atoms with Crippen LogP contribution in [0.15, 0.2) is 27.4 Å². The lowest BCUT2D eigenvalue weighted by Crippen LogP contribution is -2.12. The Balaban J connectivity index is 2.19. The smallest absolute Gasteiger partial charge is 0.208 e. The van der Waals surface area contributed by atoms with Crippen LogP contribution in [0.25, 0.3) is 0 Å². The van der Waals surface area contributed by atoms with E-state index < -0.39 is 0 Å². The van der Waals surface area contributed by atoms with Crippen molar-refractivity contribution < 1.29 is 0 Å². The third-order valence-electron chi connectivity index (χ3n) is 2.57. The molecule has 0 unspecified atom stereocenters. The van der Waals surface area contributed by atoms with Gasteiger partial charge in [-0.25, -0.2) is 0 Å². The van der Waals surface area contributed by atoms with Gasteiger partial charge in [0, 0.05) is 30.6 Å². The summed E-state index contributed by atoms with van der Waals surface area (Å²) < 4.78 is 0.925. The number of nitrogens with one attached hydrogen (secondary N) is 1. The molecule has 1 aromatic heterocycles. The molecule has 1 heterocycles. The van der Waals surface area contributed by atoms with E-state index in [4.69, 9.17) is 11.6 Å². The lowest BCUT2D eigenvalue weighted by Gasteiger charge is -2.08. The molecule has 20 heavy (non-hydrogen) atoms. The fraction of sp³-hybridized carbons (Fsp3) is 0.385. The molecule has 0 fully saturated rings. The molecule has 0 aliphatic heterocycles. The Morgan fingerprint density at radius 2 is 2.15 bits per heavy atom. The highest BCUT2D eigenvalue weighted by molar-refractivity contribution is 8.01. The predicted molar refractivity (Wildman–Crippen MR) is 87.2 cm³/mol. The SMILES string of the molecule is CCNCc1ccc(Cl)cc1Sc1nnc(N(C)C)s1. The Kier molecular flexibility index (Phi) is 5.65. The van der Waals surface area contributed by atoms with Gasteiger partial charge in [0.25, 0.3) is 0 Å². The predicted octanol–water partition coefficient (Wildman–Crippen LogP) is 3.52. The maximum absolute atomic E-state index is 6.10. The standard InChI is InChI=1S/C13H17ClN4S2/c1-4-15-8-9-5-6-10(14)7-11(9)19-13-17-16-12(20-13)18(2)3/h5-7,15H,4,8H2,1-3H3. The molecule has 4 nitrogen and oxygen atoms in total. The van der Waals surface area contributed by atoms with Gasteiger partial charge in [-0.05, 0) is 24.2 Å². The number of hydrogen-bond acceptors (Lipinski definition) is 6. The largest absolute Gasteiger partial charge is 0.353 e. The van der Waals surface area contributed by atoms with Gasteiger partial charge in [-0.3, -0.25) is 0 Å². The fourth-order valence-corrected chi connectivity index (χ4v) is 3.67. The lowest BCUT2D eigenvalue weighted by molar-refractivity contribution is 0.718. The van der Waals surface area contributed by atoms with Crippen LogP contribution in [0.1, 0.15) is 12.5 Å². The maximum atomic E-state index is 6.10. The van der Waals surface area contributed by atoms with E-state index in [9.17, 15) is 0 Å². The second-order valence-electron chi connectivity index (χ2n) is 4.38. The van der Waals surface area contributed by atoms with E-state index in [-0.39, 0.29) is 0 Å². The van der Waals surface area contributed by atoms with Crippen molar-refractivity contribution in [2.45, 2.75) is 22.7 Å². The first-order valence-electron chi connectivity index (χ1n) is 6.28. The second kappa shape index (κ2) is 7.26. The summed E-state index contributed by atoms with van der Waals surface area (Å²) >= 11 is 9.29. The summed E-state index contributed by atoms with van der Waals surface area (Å²) in [5, 5.41) is 13.3. The zero-order chi connectivity index (χ0) is 14.5. The van der Waals surface area contributed by atoms with Crippen molar-refractivity contribution >= 4 is 39.8 Å². The zero-order valence-corrected chi connectivity index (χ0v) is 14.1. The Morgan fingerprint density at radius 3 is 2.80 bits per heavy atom. The van der Waals surface area contributed by atoms with Crippen LogP contribution in [0.2, 0.25) is 5.02 Å². The van der Waals surface area contributed by atoms with Crippen molar-refractivity contribution in [3.8, 4) is 0 Å². The molecule has 108 valence electrons. The van der Waals surface area contributed by atoms with Crippen LogP contribution in [0.4, 0.5) is 5.13 Å². The highest BCUT2D eigenvalue weighted by atomic mass is 35.5. The summed E-state index contributed by atoms with van der Waals surface area (Å²) in [6, 6.07) is 5.96. The number of halogens is 1. The van der Waals surface area contributed by atoms with Crippen LogP contribution in [-0.4, -0.2) is 30.8 Å². The van der Waals surface area contributed by atoms with Crippen LogP contribution >= 0.6 is 34.7 Å². The summed E-state index contributed by atoms with van der Waals surface area (Å²) in [6.07, 6.45) is 0. The lowest BCUT2D eigenvalue weighted by atomic mass is 10.2. The zero-order valence-electron chi connectivity index (χ0n) is 11.7. The van der Waals surface area contributed by atoms with Crippen LogP contribution in [0.5, 0.6) is 0 Å². The minimum Gasteiger partial charge on any atom is -0.353 e. The molecule has 0 aliphatic carbocycles. The first kappa shape index (κ1) is 15.6. The van der Waals surface area contributed by atoms with Crippen LogP contribution in [0.3, 0.4) is 0 Å². The normalized spacial score (nSPS) is 10.8. The van der Waals surface area contributed by atoms with E-state index in [2.05, 4.69) is 28.5 Å². The van der Waals surface area contributed by atoms with Gasteiger partial charge in [-0.15, -0.1) is 10.2 Å². The summed E-state index contributed by atoms with van der Waals surface area (Å²) in [5.41, 5.74) is 1.22. The highest BCUT2D eigenvalue weighted by Crippen LogP contribution is 2.35. The van der Waals surface area contributed by atoms with Gasteiger partial charge in [0.2, 0.25) is 5.13 Å². The quantitative estimate of drug-likeness (QED) is 0.878. The van der Waals surface area contributed by atoms with E-state index in [1.807, 2.05) is 31.1 Å². The van der Waals surface area contributed by atoms with E-state index in [1.54, 1.807) is 23.1 Å². The number of aromatic nitrogens is 2. The van der Waals surface area contributed by atoms with Crippen molar-refractivity contribution in [2.24, 2.45) is 0 Å². The molecule has 2 rings (SSSR count). The maximum Gasteiger partial charge on any atom is 0.208 e. The van der Waals surface area contributed by atoms with Gasteiger partial charge < -0.3 is 10.2 Å². The summed E-state index contributed by atoms with van der Waals surface area (Å²) in [7, 11) is 3.93. The van der Waals surface area contributed by atoms with Crippen molar-refractivity contribution in [1.29, 1.82) is 0 Å². The summed E-state index contributed by atoms with van der Waals surface area (Å²) in [5.74, 6) is 0. The molecule has 1 aromatic carbocycles. The van der Waals surface area contributed by atoms with Gasteiger partial charge in [0.05, 0.1) is 0 Å². The Labute approximate surface area is 132 Å². The Bertz CT molecular complexity index is 571. The highest BCUT2D eigenvalue weighted by Gasteiger charge is 2.11. The number of nitrogens with zero attached hydrogens (tertiary/aromatic N) is 3. The molecular weight excluding hydrogens is 312 g/mol. The Morgan fingerprint density at radius 1 is 1.35 bits per heavy atom. The topological polar surface area (TPSA) is 41.1 Å². The monoisotopic (exact) mass is 328 g/mol.